The molecule has 2 rings (SSSR count). The number of likely N-dealkylation sites (tertiary alicyclic amines) is 1. The molecule has 1 heterocycles. The normalized spacial score (nSPS) is 30.6. The zero-order valence-electron chi connectivity index (χ0n) is 11.4. The van der Waals surface area contributed by atoms with Crippen molar-refractivity contribution in [3.05, 3.63) is 0 Å². The van der Waals surface area contributed by atoms with Crippen LogP contribution in [-0.2, 0) is 0 Å². The van der Waals surface area contributed by atoms with Crippen molar-refractivity contribution in [3.8, 4) is 6.07 Å². The SMILES string of the molecule is CC(C)(C#N)CCN1CCC2CCCCC2C1. The van der Waals surface area contributed by atoms with E-state index in [9.17, 15) is 0 Å². The summed E-state index contributed by atoms with van der Waals surface area (Å²) in [4.78, 5) is 2.60. The molecule has 2 atom stereocenters. The zero-order chi connectivity index (χ0) is 12.3. The maximum atomic E-state index is 9.04. The number of fused-ring (bicyclic) bond motifs is 1. The lowest BCUT2D eigenvalue weighted by molar-refractivity contribution is 0.0812. The highest BCUT2D eigenvalue weighted by atomic mass is 15.1. The monoisotopic (exact) mass is 234 g/mol. The minimum atomic E-state index is -0.149. The first kappa shape index (κ1) is 12.9. The summed E-state index contributed by atoms with van der Waals surface area (Å²) < 4.78 is 0. The number of piperidine rings is 1. The lowest BCUT2D eigenvalue weighted by Crippen LogP contribution is -2.42. The molecule has 0 radical (unpaired) electrons. The lowest BCUT2D eigenvalue weighted by Gasteiger charge is -2.41. The summed E-state index contributed by atoms with van der Waals surface area (Å²) in [6.45, 7) is 7.79. The average molecular weight is 234 g/mol. The van der Waals surface area contributed by atoms with E-state index in [1.165, 1.54) is 45.2 Å². The third-order valence-corrected chi connectivity index (χ3v) is 4.73. The summed E-state index contributed by atoms with van der Waals surface area (Å²) in [5, 5.41) is 9.04. The van der Waals surface area contributed by atoms with Crippen LogP contribution in [0.1, 0.15) is 52.4 Å². The van der Waals surface area contributed by atoms with E-state index in [1.807, 2.05) is 0 Å². The van der Waals surface area contributed by atoms with Crippen molar-refractivity contribution in [2.24, 2.45) is 17.3 Å². The molecule has 0 aromatic rings. The molecule has 1 aliphatic carbocycles. The minimum Gasteiger partial charge on any atom is -0.303 e. The van der Waals surface area contributed by atoms with Crippen LogP contribution in [0.3, 0.4) is 0 Å². The highest BCUT2D eigenvalue weighted by molar-refractivity contribution is 4.93. The lowest BCUT2D eigenvalue weighted by atomic mass is 9.75. The first-order valence-corrected chi connectivity index (χ1v) is 7.24. The van der Waals surface area contributed by atoms with Crippen molar-refractivity contribution in [2.75, 3.05) is 19.6 Å². The van der Waals surface area contributed by atoms with Gasteiger partial charge in [-0.05, 0) is 58.0 Å². The first-order valence-electron chi connectivity index (χ1n) is 7.24. The van der Waals surface area contributed by atoms with E-state index >= 15 is 0 Å². The van der Waals surface area contributed by atoms with Crippen molar-refractivity contribution in [1.82, 2.24) is 4.90 Å². The maximum Gasteiger partial charge on any atom is 0.0684 e. The summed E-state index contributed by atoms with van der Waals surface area (Å²) in [7, 11) is 0. The molecule has 2 aliphatic rings. The van der Waals surface area contributed by atoms with Gasteiger partial charge in [-0.25, -0.2) is 0 Å². The zero-order valence-corrected chi connectivity index (χ0v) is 11.4. The van der Waals surface area contributed by atoms with Gasteiger partial charge in [-0.15, -0.1) is 0 Å². The first-order chi connectivity index (χ1) is 8.11. The van der Waals surface area contributed by atoms with Crippen LogP contribution in [0.5, 0.6) is 0 Å². The van der Waals surface area contributed by atoms with Gasteiger partial charge in [0.15, 0.2) is 0 Å². The summed E-state index contributed by atoms with van der Waals surface area (Å²) in [6.07, 6.45) is 8.24. The molecule has 0 spiro atoms. The number of nitriles is 1. The van der Waals surface area contributed by atoms with E-state index in [0.717, 1.165) is 24.8 Å². The Hall–Kier alpha value is -0.550. The number of hydrogen-bond acceptors (Lipinski definition) is 2. The Morgan fingerprint density at radius 2 is 1.88 bits per heavy atom. The van der Waals surface area contributed by atoms with Crippen LogP contribution in [-0.4, -0.2) is 24.5 Å². The molecule has 1 saturated heterocycles. The molecule has 1 aliphatic heterocycles. The van der Waals surface area contributed by atoms with E-state index in [1.54, 1.807) is 0 Å². The summed E-state index contributed by atoms with van der Waals surface area (Å²) >= 11 is 0. The van der Waals surface area contributed by atoms with Crippen LogP contribution in [0.25, 0.3) is 0 Å². The minimum absolute atomic E-state index is 0.149. The van der Waals surface area contributed by atoms with Gasteiger partial charge < -0.3 is 4.90 Å². The van der Waals surface area contributed by atoms with Gasteiger partial charge in [0, 0.05) is 6.54 Å². The van der Waals surface area contributed by atoms with Crippen molar-refractivity contribution in [3.63, 3.8) is 0 Å². The molecule has 0 aromatic heterocycles. The molecule has 0 amide bonds. The third-order valence-electron chi connectivity index (χ3n) is 4.73. The summed E-state index contributed by atoms with van der Waals surface area (Å²) in [5.41, 5.74) is -0.149. The van der Waals surface area contributed by atoms with Crippen LogP contribution in [0, 0.1) is 28.6 Å². The summed E-state index contributed by atoms with van der Waals surface area (Å²) in [6, 6.07) is 2.41. The topological polar surface area (TPSA) is 27.0 Å². The third kappa shape index (κ3) is 3.45. The molecule has 2 nitrogen and oxygen atoms in total. The molecule has 2 heteroatoms. The van der Waals surface area contributed by atoms with Gasteiger partial charge in [0.05, 0.1) is 11.5 Å². The molecule has 0 N–H and O–H groups in total. The van der Waals surface area contributed by atoms with Gasteiger partial charge in [0.2, 0.25) is 0 Å². The molecule has 17 heavy (non-hydrogen) atoms. The van der Waals surface area contributed by atoms with Crippen LogP contribution in [0.15, 0.2) is 0 Å². The Morgan fingerprint density at radius 1 is 1.18 bits per heavy atom. The quantitative estimate of drug-likeness (QED) is 0.748. The standard InChI is InChI=1S/C15H26N2/c1-15(2,12-16)8-10-17-9-7-13-5-3-4-6-14(13)11-17/h13-14H,3-11H2,1-2H3. The second-order valence-corrected chi connectivity index (χ2v) is 6.64. The fourth-order valence-electron chi connectivity index (χ4n) is 3.37. The second-order valence-electron chi connectivity index (χ2n) is 6.64. The van der Waals surface area contributed by atoms with Crippen molar-refractivity contribution in [2.45, 2.75) is 52.4 Å². The Bertz CT molecular complexity index is 290. The molecule has 1 saturated carbocycles. The molecule has 0 bridgehead atoms. The predicted molar refractivity (Wildman–Crippen MR) is 70.5 cm³/mol. The molecular formula is C15H26N2. The highest BCUT2D eigenvalue weighted by Gasteiger charge is 2.31. The highest BCUT2D eigenvalue weighted by Crippen LogP contribution is 2.36. The van der Waals surface area contributed by atoms with Gasteiger partial charge in [-0.1, -0.05) is 19.3 Å². The molecule has 0 aromatic carbocycles. The maximum absolute atomic E-state index is 9.04. The van der Waals surface area contributed by atoms with E-state index in [4.69, 9.17) is 5.26 Å². The number of hydrogen-bond donors (Lipinski definition) is 0. The molecule has 2 fully saturated rings. The van der Waals surface area contributed by atoms with Crippen LogP contribution >= 0.6 is 0 Å². The van der Waals surface area contributed by atoms with Crippen molar-refractivity contribution >= 4 is 0 Å². The summed E-state index contributed by atoms with van der Waals surface area (Å²) in [5.74, 6) is 1.98. The smallest absolute Gasteiger partial charge is 0.0684 e. The van der Waals surface area contributed by atoms with E-state index in [0.29, 0.717) is 0 Å². The Labute approximate surface area is 106 Å². The van der Waals surface area contributed by atoms with E-state index < -0.39 is 0 Å². The fourth-order valence-corrected chi connectivity index (χ4v) is 3.37. The van der Waals surface area contributed by atoms with Crippen molar-refractivity contribution < 1.29 is 0 Å². The molecular weight excluding hydrogens is 208 g/mol. The van der Waals surface area contributed by atoms with Gasteiger partial charge >= 0.3 is 0 Å². The van der Waals surface area contributed by atoms with Crippen molar-refractivity contribution in [1.29, 1.82) is 5.26 Å². The Kier molecular flexibility index (Phi) is 4.09. The van der Waals surface area contributed by atoms with Gasteiger partial charge in [-0.2, -0.15) is 5.26 Å². The van der Waals surface area contributed by atoms with Gasteiger partial charge in [0.1, 0.15) is 0 Å². The van der Waals surface area contributed by atoms with E-state index in [-0.39, 0.29) is 5.41 Å². The molecule has 2 unspecified atom stereocenters. The fraction of sp³-hybridized carbons (Fsp3) is 0.933. The van der Waals surface area contributed by atoms with Gasteiger partial charge in [-0.3, -0.25) is 0 Å². The van der Waals surface area contributed by atoms with Crippen LogP contribution in [0.4, 0.5) is 0 Å². The van der Waals surface area contributed by atoms with Gasteiger partial charge in [0.25, 0.3) is 0 Å². The second kappa shape index (κ2) is 5.40. The predicted octanol–water partition coefficient (Wildman–Crippen LogP) is 3.44. The number of rotatable bonds is 3. The average Bonchev–Trinajstić information content (AvgIpc) is 2.36. The van der Waals surface area contributed by atoms with E-state index in [2.05, 4.69) is 24.8 Å². The number of nitrogens with zero attached hydrogens (tertiary/aromatic N) is 2. The largest absolute Gasteiger partial charge is 0.303 e. The van der Waals surface area contributed by atoms with Crippen LogP contribution < -0.4 is 0 Å². The molecule has 96 valence electrons. The Morgan fingerprint density at radius 3 is 2.59 bits per heavy atom. The van der Waals surface area contributed by atoms with Crippen LogP contribution in [0.2, 0.25) is 0 Å². The Balaban J connectivity index is 1.78.